The van der Waals surface area contributed by atoms with Crippen molar-refractivity contribution in [3.8, 4) is 11.5 Å². The Morgan fingerprint density at radius 3 is 2.88 bits per heavy atom. The Kier molecular flexibility index (Phi) is 2.90. The zero-order valence-corrected chi connectivity index (χ0v) is 9.64. The van der Waals surface area contributed by atoms with Gasteiger partial charge in [0.25, 0.3) is 0 Å². The van der Waals surface area contributed by atoms with Crippen molar-refractivity contribution < 1.29 is 0 Å². The van der Waals surface area contributed by atoms with Gasteiger partial charge < -0.3 is 10.3 Å². The Hall–Kier alpha value is -1.84. The molecule has 2 heterocycles. The van der Waals surface area contributed by atoms with Gasteiger partial charge >= 0.3 is 0 Å². The van der Waals surface area contributed by atoms with Crippen LogP contribution in [0.2, 0.25) is 0 Å². The summed E-state index contributed by atoms with van der Waals surface area (Å²) < 4.78 is 2.11. The van der Waals surface area contributed by atoms with Gasteiger partial charge in [0.2, 0.25) is 0 Å². The minimum Gasteiger partial charge on any atom is -0.397 e. The average molecular weight is 216 g/mol. The van der Waals surface area contributed by atoms with Gasteiger partial charge in [-0.05, 0) is 25.5 Å². The second-order valence-electron chi connectivity index (χ2n) is 3.82. The predicted molar refractivity (Wildman–Crippen MR) is 64.9 cm³/mol. The van der Waals surface area contributed by atoms with Crippen LogP contribution in [-0.2, 0) is 6.54 Å². The summed E-state index contributed by atoms with van der Waals surface area (Å²) in [4.78, 5) is 8.79. The molecule has 0 aliphatic rings. The number of nitrogens with two attached hydrogens (primary N) is 1. The maximum atomic E-state index is 5.75. The number of aryl methyl sites for hydroxylation is 2. The van der Waals surface area contributed by atoms with Crippen molar-refractivity contribution in [3.63, 3.8) is 0 Å². The third kappa shape index (κ3) is 1.91. The Bertz CT molecular complexity index is 488. The standard InChI is InChI=1S/C12H16N4/c1-3-7-16-8-6-14-12(16)11-5-4-10(13)9(2)15-11/h4-6,8H,3,7,13H2,1-2H3. The first-order valence-corrected chi connectivity index (χ1v) is 5.47. The first-order valence-electron chi connectivity index (χ1n) is 5.47. The minimum absolute atomic E-state index is 0.720. The van der Waals surface area contributed by atoms with Crippen LogP contribution in [0.1, 0.15) is 19.0 Å². The lowest BCUT2D eigenvalue weighted by Crippen LogP contribution is -2.01. The molecular formula is C12H16N4. The van der Waals surface area contributed by atoms with Crippen LogP contribution in [0.3, 0.4) is 0 Å². The first kappa shape index (κ1) is 10.7. The zero-order valence-electron chi connectivity index (χ0n) is 9.64. The Morgan fingerprint density at radius 2 is 2.19 bits per heavy atom. The van der Waals surface area contributed by atoms with Crippen LogP contribution in [0.5, 0.6) is 0 Å². The van der Waals surface area contributed by atoms with Gasteiger partial charge in [-0.25, -0.2) is 9.97 Å². The highest BCUT2D eigenvalue weighted by Gasteiger charge is 2.07. The lowest BCUT2D eigenvalue weighted by Gasteiger charge is -2.07. The van der Waals surface area contributed by atoms with Gasteiger partial charge in [-0.15, -0.1) is 0 Å². The number of imidazole rings is 1. The number of pyridine rings is 1. The fraction of sp³-hybridized carbons (Fsp3) is 0.333. The lowest BCUT2D eigenvalue weighted by atomic mass is 10.2. The van der Waals surface area contributed by atoms with E-state index in [1.165, 1.54) is 0 Å². The largest absolute Gasteiger partial charge is 0.397 e. The van der Waals surface area contributed by atoms with E-state index >= 15 is 0 Å². The van der Waals surface area contributed by atoms with Crippen LogP contribution < -0.4 is 5.73 Å². The molecule has 2 N–H and O–H groups in total. The first-order chi connectivity index (χ1) is 7.72. The molecule has 4 nitrogen and oxygen atoms in total. The summed E-state index contributed by atoms with van der Waals surface area (Å²) in [6.45, 7) is 5.01. The number of anilines is 1. The van der Waals surface area contributed by atoms with Crippen molar-refractivity contribution in [1.29, 1.82) is 0 Å². The van der Waals surface area contributed by atoms with Gasteiger partial charge in [0.1, 0.15) is 5.69 Å². The molecule has 4 heteroatoms. The van der Waals surface area contributed by atoms with Crippen LogP contribution >= 0.6 is 0 Å². The van der Waals surface area contributed by atoms with Gasteiger partial charge in [0.15, 0.2) is 5.82 Å². The van der Waals surface area contributed by atoms with E-state index < -0.39 is 0 Å². The normalized spacial score (nSPS) is 10.6. The molecule has 0 atom stereocenters. The molecule has 2 aromatic rings. The van der Waals surface area contributed by atoms with Gasteiger partial charge in [-0.2, -0.15) is 0 Å². The van der Waals surface area contributed by atoms with Crippen molar-refractivity contribution in [2.45, 2.75) is 26.8 Å². The smallest absolute Gasteiger partial charge is 0.158 e. The number of hydrogen-bond donors (Lipinski definition) is 1. The molecule has 0 aliphatic carbocycles. The fourth-order valence-corrected chi connectivity index (χ4v) is 1.66. The van der Waals surface area contributed by atoms with E-state index in [9.17, 15) is 0 Å². The molecule has 16 heavy (non-hydrogen) atoms. The molecule has 0 aromatic carbocycles. The van der Waals surface area contributed by atoms with Crippen molar-refractivity contribution in [1.82, 2.24) is 14.5 Å². The van der Waals surface area contributed by atoms with Crippen LogP contribution in [0.25, 0.3) is 11.5 Å². The van der Waals surface area contributed by atoms with Gasteiger partial charge in [0.05, 0.1) is 11.4 Å². The van der Waals surface area contributed by atoms with E-state index in [1.807, 2.05) is 25.3 Å². The van der Waals surface area contributed by atoms with Crippen molar-refractivity contribution in [2.24, 2.45) is 0 Å². The van der Waals surface area contributed by atoms with E-state index in [0.717, 1.165) is 35.9 Å². The van der Waals surface area contributed by atoms with E-state index in [-0.39, 0.29) is 0 Å². The Labute approximate surface area is 95.1 Å². The number of rotatable bonds is 3. The van der Waals surface area contributed by atoms with Crippen LogP contribution in [0, 0.1) is 6.92 Å². The molecule has 0 saturated carbocycles. The molecule has 0 saturated heterocycles. The molecule has 2 aromatic heterocycles. The summed E-state index contributed by atoms with van der Waals surface area (Å²) in [5, 5.41) is 0. The molecule has 0 aliphatic heterocycles. The average Bonchev–Trinajstić information content (AvgIpc) is 2.71. The maximum Gasteiger partial charge on any atom is 0.158 e. The molecule has 0 bridgehead atoms. The molecule has 84 valence electrons. The van der Waals surface area contributed by atoms with E-state index in [1.54, 1.807) is 6.20 Å². The number of nitrogen functional groups attached to an aromatic ring is 1. The summed E-state index contributed by atoms with van der Waals surface area (Å²) >= 11 is 0. The van der Waals surface area contributed by atoms with Gasteiger partial charge in [0, 0.05) is 18.9 Å². The second kappa shape index (κ2) is 4.35. The fourth-order valence-electron chi connectivity index (χ4n) is 1.66. The molecule has 0 amide bonds. The van der Waals surface area contributed by atoms with Crippen molar-refractivity contribution in [3.05, 3.63) is 30.2 Å². The highest BCUT2D eigenvalue weighted by atomic mass is 15.1. The molecule has 0 radical (unpaired) electrons. The SMILES string of the molecule is CCCn1ccnc1-c1ccc(N)c(C)n1. The van der Waals surface area contributed by atoms with Crippen molar-refractivity contribution in [2.75, 3.05) is 5.73 Å². The summed E-state index contributed by atoms with van der Waals surface area (Å²) in [7, 11) is 0. The third-order valence-electron chi connectivity index (χ3n) is 2.54. The van der Waals surface area contributed by atoms with Crippen LogP contribution in [0.4, 0.5) is 5.69 Å². The molecule has 0 spiro atoms. The quantitative estimate of drug-likeness (QED) is 0.856. The number of nitrogens with zero attached hydrogens (tertiary/aromatic N) is 3. The lowest BCUT2D eigenvalue weighted by molar-refractivity contribution is 0.684. The van der Waals surface area contributed by atoms with Gasteiger partial charge in [-0.1, -0.05) is 6.92 Å². The topological polar surface area (TPSA) is 56.7 Å². The summed E-state index contributed by atoms with van der Waals surface area (Å²) in [6, 6.07) is 3.79. The van der Waals surface area contributed by atoms with Crippen LogP contribution in [0.15, 0.2) is 24.5 Å². The Morgan fingerprint density at radius 1 is 1.38 bits per heavy atom. The number of aromatic nitrogens is 3. The highest BCUT2D eigenvalue weighted by Crippen LogP contribution is 2.18. The Balaban J connectivity index is 2.42. The minimum atomic E-state index is 0.720. The summed E-state index contributed by atoms with van der Waals surface area (Å²) in [5.41, 5.74) is 8.20. The van der Waals surface area contributed by atoms with E-state index in [0.29, 0.717) is 0 Å². The maximum absolute atomic E-state index is 5.75. The van der Waals surface area contributed by atoms with Crippen LogP contribution in [-0.4, -0.2) is 14.5 Å². The molecule has 0 unspecified atom stereocenters. The van der Waals surface area contributed by atoms with E-state index in [2.05, 4.69) is 21.5 Å². The third-order valence-corrected chi connectivity index (χ3v) is 2.54. The van der Waals surface area contributed by atoms with Crippen molar-refractivity contribution >= 4 is 5.69 Å². The summed E-state index contributed by atoms with van der Waals surface area (Å²) in [6.07, 6.45) is 4.86. The monoisotopic (exact) mass is 216 g/mol. The highest BCUT2D eigenvalue weighted by molar-refractivity contribution is 5.55. The number of hydrogen-bond acceptors (Lipinski definition) is 3. The van der Waals surface area contributed by atoms with Gasteiger partial charge in [-0.3, -0.25) is 0 Å². The summed E-state index contributed by atoms with van der Waals surface area (Å²) in [5.74, 6) is 0.907. The zero-order chi connectivity index (χ0) is 11.5. The molecular weight excluding hydrogens is 200 g/mol. The molecule has 0 fully saturated rings. The second-order valence-corrected chi connectivity index (χ2v) is 3.82. The predicted octanol–water partition coefficient (Wildman–Crippen LogP) is 2.25. The molecule has 2 rings (SSSR count). The van der Waals surface area contributed by atoms with E-state index in [4.69, 9.17) is 5.73 Å².